The fraction of sp³-hybridized carbons (Fsp3) is 0.263. The van der Waals surface area contributed by atoms with Crippen molar-refractivity contribution in [3.05, 3.63) is 54.1 Å². The van der Waals surface area contributed by atoms with Gasteiger partial charge in [-0.15, -0.1) is 12.4 Å². The Bertz CT molecular complexity index is 753. The first-order valence-electron chi connectivity index (χ1n) is 7.99. The predicted octanol–water partition coefficient (Wildman–Crippen LogP) is 3.35. The Hall–Kier alpha value is -2.57. The molecular weight excluding hydrogens is 354 g/mol. The van der Waals surface area contributed by atoms with Gasteiger partial charge in [-0.3, -0.25) is 9.59 Å². The molecule has 0 aromatic heterocycles. The van der Waals surface area contributed by atoms with Gasteiger partial charge in [0, 0.05) is 24.7 Å². The molecule has 0 saturated carbocycles. The second-order valence-electron chi connectivity index (χ2n) is 5.81. The first kappa shape index (κ1) is 21.5. The lowest BCUT2D eigenvalue weighted by molar-refractivity contribution is -0.120. The van der Waals surface area contributed by atoms with Crippen LogP contribution >= 0.6 is 12.4 Å². The molecule has 0 heterocycles. The molecule has 2 amide bonds. The third kappa shape index (κ3) is 5.47. The zero-order chi connectivity index (χ0) is 18.4. The van der Waals surface area contributed by atoms with Crippen molar-refractivity contribution >= 4 is 35.6 Å². The van der Waals surface area contributed by atoms with Gasteiger partial charge in [0.2, 0.25) is 11.8 Å². The van der Waals surface area contributed by atoms with Crippen LogP contribution in [0.25, 0.3) is 0 Å². The Labute approximate surface area is 159 Å². The van der Waals surface area contributed by atoms with E-state index in [1.54, 1.807) is 25.1 Å². The van der Waals surface area contributed by atoms with Gasteiger partial charge in [-0.05, 0) is 17.7 Å². The van der Waals surface area contributed by atoms with Crippen LogP contribution in [0, 0.1) is 5.92 Å². The van der Waals surface area contributed by atoms with E-state index in [-0.39, 0.29) is 24.2 Å². The fourth-order valence-corrected chi connectivity index (χ4v) is 2.45. The smallest absolute Gasteiger partial charge is 0.229 e. The van der Waals surface area contributed by atoms with Crippen molar-refractivity contribution in [2.24, 2.45) is 11.7 Å². The highest BCUT2D eigenvalue weighted by Gasteiger charge is 2.22. The number of rotatable bonds is 6. The number of ether oxygens (including phenoxy) is 1. The number of carbonyl (C=O) groups excluding carboxylic acids is 2. The van der Waals surface area contributed by atoms with Crippen molar-refractivity contribution < 1.29 is 14.3 Å². The molecule has 2 aromatic carbocycles. The number of hydrogen-bond donors (Lipinski definition) is 3. The van der Waals surface area contributed by atoms with E-state index >= 15 is 0 Å². The van der Waals surface area contributed by atoms with E-state index in [1.807, 2.05) is 30.3 Å². The third-order valence-corrected chi connectivity index (χ3v) is 3.92. The van der Waals surface area contributed by atoms with E-state index in [9.17, 15) is 9.59 Å². The van der Waals surface area contributed by atoms with Crippen LogP contribution in [0.2, 0.25) is 0 Å². The van der Waals surface area contributed by atoms with Crippen LogP contribution in [0.3, 0.4) is 0 Å². The molecule has 0 spiro atoms. The van der Waals surface area contributed by atoms with Crippen LogP contribution in [0.4, 0.5) is 11.4 Å². The summed E-state index contributed by atoms with van der Waals surface area (Å²) < 4.78 is 5.25. The van der Waals surface area contributed by atoms with Crippen LogP contribution in [0.5, 0.6) is 5.75 Å². The third-order valence-electron chi connectivity index (χ3n) is 3.92. The summed E-state index contributed by atoms with van der Waals surface area (Å²) >= 11 is 0. The zero-order valence-corrected chi connectivity index (χ0v) is 15.8. The van der Waals surface area contributed by atoms with Crippen molar-refractivity contribution in [3.8, 4) is 5.75 Å². The second-order valence-corrected chi connectivity index (χ2v) is 5.81. The van der Waals surface area contributed by atoms with Gasteiger partial charge in [0.15, 0.2) is 0 Å². The molecule has 140 valence electrons. The van der Waals surface area contributed by atoms with E-state index in [1.165, 1.54) is 14.0 Å². The molecule has 0 fully saturated rings. The molecule has 4 N–H and O–H groups in total. The monoisotopic (exact) mass is 377 g/mol. The summed E-state index contributed by atoms with van der Waals surface area (Å²) in [6, 6.07) is 14.1. The molecule has 2 unspecified atom stereocenters. The van der Waals surface area contributed by atoms with Crippen LogP contribution in [-0.2, 0) is 9.59 Å². The Morgan fingerprint density at radius 1 is 1.08 bits per heavy atom. The summed E-state index contributed by atoms with van der Waals surface area (Å²) in [6.45, 7) is 3.21. The quantitative estimate of drug-likeness (QED) is 0.719. The van der Waals surface area contributed by atoms with E-state index in [4.69, 9.17) is 10.5 Å². The van der Waals surface area contributed by atoms with Crippen LogP contribution < -0.4 is 21.1 Å². The van der Waals surface area contributed by atoms with Crippen molar-refractivity contribution in [2.75, 3.05) is 17.7 Å². The normalized spacial score (nSPS) is 12.3. The van der Waals surface area contributed by atoms with Crippen molar-refractivity contribution in [1.29, 1.82) is 0 Å². The molecule has 2 rings (SSSR count). The zero-order valence-electron chi connectivity index (χ0n) is 15.0. The topological polar surface area (TPSA) is 93.4 Å². The summed E-state index contributed by atoms with van der Waals surface area (Å²) in [6.07, 6.45) is 0. The SMILES string of the molecule is COc1cc(NC(=O)C(C)C(N)c2ccccc2)ccc1NC(C)=O.Cl. The summed E-state index contributed by atoms with van der Waals surface area (Å²) in [5.41, 5.74) is 8.22. The van der Waals surface area contributed by atoms with Gasteiger partial charge >= 0.3 is 0 Å². The minimum atomic E-state index is -0.414. The number of halogens is 1. The molecule has 26 heavy (non-hydrogen) atoms. The number of amides is 2. The number of methoxy groups -OCH3 is 1. The molecule has 0 aliphatic rings. The predicted molar refractivity (Wildman–Crippen MR) is 106 cm³/mol. The lowest BCUT2D eigenvalue weighted by Gasteiger charge is -2.20. The maximum absolute atomic E-state index is 12.5. The Morgan fingerprint density at radius 2 is 1.73 bits per heavy atom. The van der Waals surface area contributed by atoms with Crippen LogP contribution in [0.1, 0.15) is 25.5 Å². The molecule has 0 radical (unpaired) electrons. The van der Waals surface area contributed by atoms with Crippen molar-refractivity contribution in [2.45, 2.75) is 19.9 Å². The second kappa shape index (κ2) is 9.79. The van der Waals surface area contributed by atoms with E-state index in [0.29, 0.717) is 17.1 Å². The van der Waals surface area contributed by atoms with Crippen LogP contribution in [0.15, 0.2) is 48.5 Å². The highest BCUT2D eigenvalue weighted by atomic mass is 35.5. The lowest BCUT2D eigenvalue weighted by atomic mass is 9.94. The highest BCUT2D eigenvalue weighted by Crippen LogP contribution is 2.29. The first-order chi connectivity index (χ1) is 11.9. The Kier molecular flexibility index (Phi) is 8.09. The Balaban J connectivity index is 0.00000338. The maximum Gasteiger partial charge on any atom is 0.229 e. The van der Waals surface area contributed by atoms with Gasteiger partial charge in [0.25, 0.3) is 0 Å². The largest absolute Gasteiger partial charge is 0.494 e. The molecule has 2 aromatic rings. The minimum Gasteiger partial charge on any atom is -0.494 e. The van der Waals surface area contributed by atoms with Gasteiger partial charge in [0.1, 0.15) is 5.75 Å². The number of nitrogens with two attached hydrogens (primary N) is 1. The molecule has 0 aliphatic carbocycles. The van der Waals surface area contributed by atoms with Crippen molar-refractivity contribution in [1.82, 2.24) is 0 Å². The molecular formula is C19H24ClN3O3. The van der Waals surface area contributed by atoms with Gasteiger partial charge in [-0.2, -0.15) is 0 Å². The molecule has 2 atom stereocenters. The first-order valence-corrected chi connectivity index (χ1v) is 7.99. The van der Waals surface area contributed by atoms with E-state index in [0.717, 1.165) is 5.56 Å². The average molecular weight is 378 g/mol. The van der Waals surface area contributed by atoms with Gasteiger partial charge < -0.3 is 21.1 Å². The molecule has 7 heteroatoms. The minimum absolute atomic E-state index is 0. The maximum atomic E-state index is 12.5. The molecule has 0 saturated heterocycles. The van der Waals surface area contributed by atoms with Gasteiger partial charge in [-0.25, -0.2) is 0 Å². The number of carbonyl (C=O) groups is 2. The number of anilines is 2. The highest BCUT2D eigenvalue weighted by molar-refractivity contribution is 5.95. The number of nitrogens with one attached hydrogen (secondary N) is 2. The molecule has 0 aliphatic heterocycles. The summed E-state index contributed by atoms with van der Waals surface area (Å²) in [5, 5.41) is 5.51. The van der Waals surface area contributed by atoms with E-state index < -0.39 is 12.0 Å². The standard InChI is InChI=1S/C19H23N3O3.ClH/c1-12(18(20)14-7-5-4-6-8-14)19(24)22-15-9-10-16(21-13(2)23)17(11-15)25-3;/h4-12,18H,20H2,1-3H3,(H,21,23)(H,22,24);1H. The van der Waals surface area contributed by atoms with Crippen LogP contribution in [-0.4, -0.2) is 18.9 Å². The fourth-order valence-electron chi connectivity index (χ4n) is 2.45. The Morgan fingerprint density at radius 3 is 2.31 bits per heavy atom. The van der Waals surface area contributed by atoms with Gasteiger partial charge in [0.05, 0.1) is 18.7 Å². The molecule has 6 nitrogen and oxygen atoms in total. The summed E-state index contributed by atoms with van der Waals surface area (Å²) in [5.74, 6) is -0.334. The average Bonchev–Trinajstić information content (AvgIpc) is 2.61. The molecule has 0 bridgehead atoms. The van der Waals surface area contributed by atoms with Crippen molar-refractivity contribution in [3.63, 3.8) is 0 Å². The summed E-state index contributed by atoms with van der Waals surface area (Å²) in [4.78, 5) is 23.7. The summed E-state index contributed by atoms with van der Waals surface area (Å²) in [7, 11) is 1.50. The van der Waals surface area contributed by atoms with Gasteiger partial charge in [-0.1, -0.05) is 37.3 Å². The number of benzene rings is 2. The van der Waals surface area contributed by atoms with E-state index in [2.05, 4.69) is 10.6 Å². The lowest BCUT2D eigenvalue weighted by Crippen LogP contribution is -2.30. The number of hydrogen-bond acceptors (Lipinski definition) is 4.